The Bertz CT molecular complexity index is 1240. The first kappa shape index (κ1) is 25.7. The zero-order valence-electron chi connectivity index (χ0n) is 20.0. The largest absolute Gasteiger partial charge is 0.408 e. The van der Waals surface area contributed by atoms with Gasteiger partial charge in [0.2, 0.25) is 5.95 Å². The highest BCUT2D eigenvalue weighted by molar-refractivity contribution is 6.33. The molecule has 4 rings (SSSR count). The number of hydrogen-bond donors (Lipinski definition) is 2. The van der Waals surface area contributed by atoms with Crippen LogP contribution in [0.4, 0.5) is 30.5 Å². The molecule has 0 bridgehead atoms. The minimum absolute atomic E-state index is 0.0273. The summed E-state index contributed by atoms with van der Waals surface area (Å²) in [5, 5.41) is 9.87. The van der Waals surface area contributed by atoms with Gasteiger partial charge in [-0.15, -0.1) is 0 Å². The van der Waals surface area contributed by atoms with E-state index in [1.165, 1.54) is 24.0 Å². The van der Waals surface area contributed by atoms with Gasteiger partial charge in [0, 0.05) is 45.1 Å². The molecule has 192 valence electrons. The first-order valence-corrected chi connectivity index (χ1v) is 11.6. The second-order valence-corrected chi connectivity index (χ2v) is 9.03. The number of nitrogens with zero attached hydrogens (tertiary/aromatic N) is 6. The minimum atomic E-state index is -4.55. The van der Waals surface area contributed by atoms with Gasteiger partial charge in [-0.2, -0.15) is 18.3 Å². The fourth-order valence-corrected chi connectivity index (χ4v) is 4.04. The third-order valence-corrected chi connectivity index (χ3v) is 6.22. The van der Waals surface area contributed by atoms with E-state index in [1.807, 2.05) is 17.4 Å². The molecule has 1 atom stereocenters. The van der Waals surface area contributed by atoms with Crippen molar-refractivity contribution in [3.63, 3.8) is 0 Å². The Balaban J connectivity index is 1.48. The number of piperazine rings is 1. The molecule has 2 N–H and O–H groups in total. The number of amides is 1. The number of halogens is 4. The molecule has 1 amide bonds. The average molecular weight is 523 g/mol. The normalized spacial score (nSPS) is 15.6. The monoisotopic (exact) mass is 522 g/mol. The van der Waals surface area contributed by atoms with Gasteiger partial charge in [0.15, 0.2) is 0 Å². The first-order valence-electron chi connectivity index (χ1n) is 11.3. The fourth-order valence-electron chi connectivity index (χ4n) is 3.74. The highest BCUT2D eigenvalue weighted by atomic mass is 35.5. The number of carbonyl (C=O) groups is 1. The standard InChI is InChI=1S/C23H26ClF3N8O/c1-14(23(25,26)27)29-21(36)20-13-18(32-34(20)3)17-6-7-28-22(31-17)30-15-4-5-19(16(24)12-15)35-10-8-33(2)9-11-35/h4-7,12-14H,8-11H2,1-3H3,(H,29,36)(H,28,30,31)/t14-/m0/s1. The van der Waals surface area contributed by atoms with Crippen molar-refractivity contribution < 1.29 is 18.0 Å². The predicted octanol–water partition coefficient (Wildman–Crippen LogP) is 3.71. The quantitative estimate of drug-likeness (QED) is 0.510. The first-order chi connectivity index (χ1) is 17.0. The molecule has 1 saturated heterocycles. The lowest BCUT2D eigenvalue weighted by Crippen LogP contribution is -2.44. The molecule has 0 saturated carbocycles. The number of hydrogen-bond acceptors (Lipinski definition) is 7. The number of carbonyl (C=O) groups excluding carboxylic acids is 1. The van der Waals surface area contributed by atoms with Crippen molar-refractivity contribution in [2.24, 2.45) is 7.05 Å². The lowest BCUT2D eigenvalue weighted by Gasteiger charge is -2.34. The fraction of sp³-hybridized carbons (Fsp3) is 0.391. The lowest BCUT2D eigenvalue weighted by atomic mass is 10.2. The smallest absolute Gasteiger partial charge is 0.368 e. The Labute approximate surface area is 211 Å². The van der Waals surface area contributed by atoms with Crippen LogP contribution in [0.25, 0.3) is 11.4 Å². The van der Waals surface area contributed by atoms with Gasteiger partial charge in [0.1, 0.15) is 17.4 Å². The number of aromatic nitrogens is 4. The highest BCUT2D eigenvalue weighted by Gasteiger charge is 2.37. The average Bonchev–Trinajstić information content (AvgIpc) is 3.21. The van der Waals surface area contributed by atoms with Gasteiger partial charge in [-0.25, -0.2) is 9.97 Å². The summed E-state index contributed by atoms with van der Waals surface area (Å²) in [7, 11) is 3.57. The van der Waals surface area contributed by atoms with Crippen LogP contribution in [-0.2, 0) is 7.05 Å². The number of likely N-dealkylation sites (N-methyl/N-ethyl adjacent to an activating group) is 1. The van der Waals surface area contributed by atoms with Gasteiger partial charge >= 0.3 is 6.18 Å². The predicted molar refractivity (Wildman–Crippen MR) is 132 cm³/mol. The van der Waals surface area contributed by atoms with Gasteiger partial charge in [-0.1, -0.05) is 11.6 Å². The van der Waals surface area contributed by atoms with Crippen molar-refractivity contribution in [2.45, 2.75) is 19.1 Å². The number of anilines is 3. The molecule has 3 aromatic rings. The number of alkyl halides is 3. The van der Waals surface area contributed by atoms with Crippen LogP contribution < -0.4 is 15.5 Å². The van der Waals surface area contributed by atoms with E-state index >= 15 is 0 Å². The van der Waals surface area contributed by atoms with Crippen molar-refractivity contribution in [2.75, 3.05) is 43.4 Å². The molecule has 2 aromatic heterocycles. The van der Waals surface area contributed by atoms with Crippen LogP contribution in [0.15, 0.2) is 36.5 Å². The second kappa shape index (κ2) is 10.3. The van der Waals surface area contributed by atoms with Crippen LogP contribution in [0, 0.1) is 0 Å². The number of rotatable bonds is 6. The highest BCUT2D eigenvalue weighted by Crippen LogP contribution is 2.30. The number of aryl methyl sites for hydroxylation is 1. The summed E-state index contributed by atoms with van der Waals surface area (Å²) in [6.45, 7) is 4.60. The molecule has 1 aliphatic rings. The zero-order chi connectivity index (χ0) is 26.0. The molecule has 9 nitrogen and oxygen atoms in total. The number of benzene rings is 1. The lowest BCUT2D eigenvalue weighted by molar-refractivity contribution is -0.149. The van der Waals surface area contributed by atoms with E-state index in [0.717, 1.165) is 38.8 Å². The van der Waals surface area contributed by atoms with E-state index in [4.69, 9.17) is 11.6 Å². The van der Waals surface area contributed by atoms with Crippen molar-refractivity contribution in [1.29, 1.82) is 0 Å². The molecule has 0 unspecified atom stereocenters. The van der Waals surface area contributed by atoms with E-state index in [0.29, 0.717) is 22.1 Å². The van der Waals surface area contributed by atoms with E-state index in [2.05, 4.69) is 37.2 Å². The van der Waals surface area contributed by atoms with Gasteiger partial charge in [0.25, 0.3) is 5.91 Å². The van der Waals surface area contributed by atoms with Crippen molar-refractivity contribution >= 4 is 34.8 Å². The van der Waals surface area contributed by atoms with E-state index in [1.54, 1.807) is 12.1 Å². The summed E-state index contributed by atoms with van der Waals surface area (Å²) in [5.74, 6) is -0.609. The molecular formula is C23H26ClF3N8O. The van der Waals surface area contributed by atoms with Crippen LogP contribution in [0.1, 0.15) is 17.4 Å². The Morgan fingerprint density at radius 1 is 1.08 bits per heavy atom. The van der Waals surface area contributed by atoms with Gasteiger partial charge in [0.05, 0.1) is 16.4 Å². The van der Waals surface area contributed by atoms with Gasteiger partial charge < -0.3 is 20.4 Å². The van der Waals surface area contributed by atoms with E-state index < -0.39 is 18.1 Å². The molecule has 0 spiro atoms. The summed E-state index contributed by atoms with van der Waals surface area (Å²) in [6, 6.07) is 6.62. The summed E-state index contributed by atoms with van der Waals surface area (Å²) < 4.78 is 39.6. The van der Waals surface area contributed by atoms with Gasteiger partial charge in [-0.05, 0) is 44.3 Å². The molecular weight excluding hydrogens is 497 g/mol. The second-order valence-electron chi connectivity index (χ2n) is 8.62. The van der Waals surface area contributed by atoms with Crippen molar-refractivity contribution in [3.05, 3.63) is 47.2 Å². The topological polar surface area (TPSA) is 91.2 Å². The molecule has 1 aliphatic heterocycles. The SMILES string of the molecule is C[C@H](NC(=O)c1cc(-c2ccnc(Nc3ccc(N4CCN(C)CC4)c(Cl)c3)n2)nn1C)C(F)(F)F. The summed E-state index contributed by atoms with van der Waals surface area (Å²) >= 11 is 6.55. The molecule has 36 heavy (non-hydrogen) atoms. The van der Waals surface area contributed by atoms with Crippen LogP contribution in [0.2, 0.25) is 5.02 Å². The van der Waals surface area contributed by atoms with Crippen LogP contribution >= 0.6 is 11.6 Å². The van der Waals surface area contributed by atoms with Gasteiger partial charge in [-0.3, -0.25) is 9.48 Å². The Morgan fingerprint density at radius 3 is 2.47 bits per heavy atom. The maximum absolute atomic E-state index is 12.8. The van der Waals surface area contributed by atoms with Crippen molar-refractivity contribution in [1.82, 2.24) is 30.0 Å². The van der Waals surface area contributed by atoms with Crippen molar-refractivity contribution in [3.8, 4) is 11.4 Å². The van der Waals surface area contributed by atoms with Crippen LogP contribution in [-0.4, -0.2) is 76.0 Å². The number of nitrogens with one attached hydrogen (secondary N) is 2. The zero-order valence-corrected chi connectivity index (χ0v) is 20.7. The molecule has 0 aliphatic carbocycles. The van der Waals surface area contributed by atoms with E-state index in [9.17, 15) is 18.0 Å². The Morgan fingerprint density at radius 2 is 1.81 bits per heavy atom. The Hall–Kier alpha value is -3.38. The molecule has 13 heteroatoms. The third kappa shape index (κ3) is 5.88. The molecule has 1 aromatic carbocycles. The third-order valence-electron chi connectivity index (χ3n) is 5.92. The maximum atomic E-state index is 12.8. The molecule has 1 fully saturated rings. The Kier molecular flexibility index (Phi) is 7.36. The maximum Gasteiger partial charge on any atom is 0.408 e. The summed E-state index contributed by atoms with van der Waals surface area (Å²) in [6.07, 6.45) is -3.03. The molecule has 0 radical (unpaired) electrons. The minimum Gasteiger partial charge on any atom is -0.368 e. The summed E-state index contributed by atoms with van der Waals surface area (Å²) in [5.41, 5.74) is 2.34. The molecule has 3 heterocycles. The van der Waals surface area contributed by atoms with Crippen LogP contribution in [0.3, 0.4) is 0 Å². The van der Waals surface area contributed by atoms with E-state index in [-0.39, 0.29) is 11.6 Å². The van der Waals surface area contributed by atoms with Crippen LogP contribution in [0.5, 0.6) is 0 Å². The summed E-state index contributed by atoms with van der Waals surface area (Å²) in [4.78, 5) is 25.5.